The molecule has 4 nitrogen and oxygen atoms in total. The van der Waals surface area contributed by atoms with E-state index < -0.39 is 0 Å². The quantitative estimate of drug-likeness (QED) is 0.474. The summed E-state index contributed by atoms with van der Waals surface area (Å²) in [5.74, 6) is 0.239. The van der Waals surface area contributed by atoms with Crippen molar-refractivity contribution in [2.45, 2.75) is 20.8 Å². The maximum Gasteiger partial charge on any atom is 0.201 e. The normalized spacial score (nSPS) is 8.27. The predicted octanol–water partition coefficient (Wildman–Crippen LogP) is 1.29. The monoisotopic (exact) mass is 155 g/mol. The number of hydrogen-bond acceptors (Lipinski definition) is 3. The van der Waals surface area contributed by atoms with Gasteiger partial charge in [0.2, 0.25) is 5.76 Å². The minimum atomic E-state index is -0.0874. The van der Waals surface area contributed by atoms with Gasteiger partial charge in [-0.25, -0.2) is 0 Å². The Bertz CT molecular complexity index is 229. The van der Waals surface area contributed by atoms with Gasteiger partial charge in [-0.3, -0.25) is 5.41 Å². The molecule has 0 amide bonds. The van der Waals surface area contributed by atoms with Crippen molar-refractivity contribution in [2.75, 3.05) is 0 Å². The van der Waals surface area contributed by atoms with Crippen molar-refractivity contribution in [3.63, 3.8) is 0 Å². The second-order valence-electron chi connectivity index (χ2n) is 1.75. The maximum absolute atomic E-state index is 6.89. The first kappa shape index (κ1) is 9.68. The molecule has 0 aromatic carbocycles. The molecule has 11 heavy (non-hydrogen) atoms. The van der Waals surface area contributed by atoms with Crippen LogP contribution in [0.15, 0.2) is 10.6 Å². The average Bonchev–Trinajstić information content (AvgIpc) is 2.40. The second-order valence-corrected chi connectivity index (χ2v) is 1.75. The zero-order valence-corrected chi connectivity index (χ0v) is 7.01. The number of aryl methyl sites for hydroxylation is 1. The van der Waals surface area contributed by atoms with Gasteiger partial charge in [0.1, 0.15) is 0 Å². The Morgan fingerprint density at radius 2 is 2.18 bits per heavy atom. The third-order valence-corrected chi connectivity index (χ3v) is 0.893. The molecule has 62 valence electrons. The highest BCUT2D eigenvalue weighted by Crippen LogP contribution is 1.99. The topological polar surface area (TPSA) is 75.9 Å². The Hall–Kier alpha value is -1.32. The van der Waals surface area contributed by atoms with Crippen LogP contribution in [-0.2, 0) is 0 Å². The minimum absolute atomic E-state index is 0.0874. The van der Waals surface area contributed by atoms with E-state index in [0.717, 1.165) is 5.69 Å². The van der Waals surface area contributed by atoms with Gasteiger partial charge in [0.25, 0.3) is 0 Å². The summed E-state index contributed by atoms with van der Waals surface area (Å²) in [4.78, 5) is 0. The summed E-state index contributed by atoms with van der Waals surface area (Å²) in [6.07, 6.45) is 0. The van der Waals surface area contributed by atoms with Crippen molar-refractivity contribution in [3.05, 3.63) is 17.5 Å². The number of nitrogens with one attached hydrogen (secondary N) is 1. The van der Waals surface area contributed by atoms with Gasteiger partial charge < -0.3 is 10.3 Å². The van der Waals surface area contributed by atoms with E-state index in [1.165, 1.54) is 0 Å². The molecule has 0 bridgehead atoms. The van der Waals surface area contributed by atoms with Crippen LogP contribution < -0.4 is 5.73 Å². The highest BCUT2D eigenvalue weighted by atomic mass is 16.5. The zero-order chi connectivity index (χ0) is 8.85. The SMILES string of the molecule is CC.Cc1cc(C(=N)N)on1. The van der Waals surface area contributed by atoms with Crippen LogP contribution in [-0.4, -0.2) is 11.0 Å². The zero-order valence-electron chi connectivity index (χ0n) is 7.01. The number of rotatable bonds is 1. The fourth-order valence-electron chi connectivity index (χ4n) is 0.491. The number of amidine groups is 1. The molecule has 1 aromatic rings. The van der Waals surface area contributed by atoms with Gasteiger partial charge in [-0.2, -0.15) is 0 Å². The van der Waals surface area contributed by atoms with Crippen LogP contribution in [0.25, 0.3) is 0 Å². The molecule has 0 saturated heterocycles. The molecule has 0 saturated carbocycles. The standard InChI is InChI=1S/C5H7N3O.C2H6/c1-3-2-4(5(6)7)9-8-3;1-2/h2H,1H3,(H3,6,7);1-2H3. The molecule has 0 radical (unpaired) electrons. The lowest BCUT2D eigenvalue weighted by atomic mass is 10.4. The molecule has 3 N–H and O–H groups in total. The van der Waals surface area contributed by atoms with Crippen molar-refractivity contribution >= 4 is 5.84 Å². The van der Waals surface area contributed by atoms with Crippen molar-refractivity contribution in [1.82, 2.24) is 5.16 Å². The van der Waals surface area contributed by atoms with E-state index in [-0.39, 0.29) is 5.84 Å². The highest BCUT2D eigenvalue weighted by Gasteiger charge is 2.00. The minimum Gasteiger partial charge on any atom is -0.381 e. The van der Waals surface area contributed by atoms with Gasteiger partial charge in [-0.15, -0.1) is 0 Å². The molecule has 0 unspecified atom stereocenters. The summed E-state index contributed by atoms with van der Waals surface area (Å²) in [6.45, 7) is 5.77. The number of nitrogens with zero attached hydrogens (tertiary/aromatic N) is 1. The largest absolute Gasteiger partial charge is 0.381 e. The van der Waals surface area contributed by atoms with Crippen molar-refractivity contribution in [1.29, 1.82) is 5.41 Å². The Balaban J connectivity index is 0.000000461. The Morgan fingerprint density at radius 1 is 1.64 bits per heavy atom. The molecule has 0 atom stereocenters. The summed E-state index contributed by atoms with van der Waals surface area (Å²) in [7, 11) is 0. The van der Waals surface area contributed by atoms with Crippen molar-refractivity contribution < 1.29 is 4.52 Å². The predicted molar refractivity (Wildman–Crippen MR) is 43.6 cm³/mol. The molecule has 0 aliphatic rings. The lowest BCUT2D eigenvalue weighted by Gasteiger charge is -1.82. The van der Waals surface area contributed by atoms with Crippen LogP contribution in [0.5, 0.6) is 0 Å². The van der Waals surface area contributed by atoms with Crippen LogP contribution in [0.3, 0.4) is 0 Å². The summed E-state index contributed by atoms with van der Waals surface area (Å²) < 4.78 is 4.63. The lowest BCUT2D eigenvalue weighted by molar-refractivity contribution is 0.408. The van der Waals surface area contributed by atoms with Crippen LogP contribution >= 0.6 is 0 Å². The molecule has 0 spiro atoms. The molecular weight excluding hydrogens is 142 g/mol. The van der Waals surface area contributed by atoms with E-state index in [9.17, 15) is 0 Å². The first-order chi connectivity index (χ1) is 5.20. The second kappa shape index (κ2) is 4.49. The first-order valence-corrected chi connectivity index (χ1v) is 3.48. The first-order valence-electron chi connectivity index (χ1n) is 3.48. The van der Waals surface area contributed by atoms with Crippen LogP contribution in [0, 0.1) is 12.3 Å². The van der Waals surface area contributed by atoms with Crippen LogP contribution in [0.4, 0.5) is 0 Å². The summed E-state index contributed by atoms with van der Waals surface area (Å²) in [5, 5.41) is 10.4. The van der Waals surface area contributed by atoms with Crippen LogP contribution in [0.2, 0.25) is 0 Å². The molecular formula is C7H13N3O. The fraction of sp³-hybridized carbons (Fsp3) is 0.429. The van der Waals surface area contributed by atoms with Gasteiger partial charge in [-0.1, -0.05) is 19.0 Å². The molecule has 1 rings (SSSR count). The maximum atomic E-state index is 6.89. The van der Waals surface area contributed by atoms with E-state index in [1.54, 1.807) is 13.0 Å². The number of nitrogen functional groups attached to an aromatic ring is 1. The smallest absolute Gasteiger partial charge is 0.201 e. The van der Waals surface area contributed by atoms with Crippen LogP contribution in [0.1, 0.15) is 25.3 Å². The van der Waals surface area contributed by atoms with Gasteiger partial charge in [-0.05, 0) is 6.92 Å². The third-order valence-electron chi connectivity index (χ3n) is 0.893. The Kier molecular flexibility index (Phi) is 3.95. The van der Waals surface area contributed by atoms with E-state index in [0.29, 0.717) is 5.76 Å². The van der Waals surface area contributed by atoms with E-state index in [1.807, 2.05) is 13.8 Å². The number of aromatic nitrogens is 1. The highest BCUT2D eigenvalue weighted by molar-refractivity contribution is 5.92. The lowest BCUT2D eigenvalue weighted by Crippen LogP contribution is -2.09. The molecule has 0 aliphatic heterocycles. The number of nitrogens with two attached hydrogens (primary N) is 1. The third kappa shape index (κ3) is 2.84. The Morgan fingerprint density at radius 3 is 2.36 bits per heavy atom. The summed E-state index contributed by atoms with van der Waals surface area (Å²) in [6, 6.07) is 1.61. The van der Waals surface area contributed by atoms with Gasteiger partial charge in [0.05, 0.1) is 5.69 Å². The Labute approximate surface area is 65.9 Å². The van der Waals surface area contributed by atoms with Gasteiger partial charge in [0.15, 0.2) is 5.84 Å². The van der Waals surface area contributed by atoms with Gasteiger partial charge >= 0.3 is 0 Å². The van der Waals surface area contributed by atoms with E-state index in [4.69, 9.17) is 11.1 Å². The van der Waals surface area contributed by atoms with Crippen molar-refractivity contribution in [2.24, 2.45) is 5.73 Å². The summed E-state index contributed by atoms with van der Waals surface area (Å²) >= 11 is 0. The van der Waals surface area contributed by atoms with Gasteiger partial charge in [0, 0.05) is 6.07 Å². The molecule has 1 aromatic heterocycles. The molecule has 1 heterocycles. The van der Waals surface area contributed by atoms with Crippen molar-refractivity contribution in [3.8, 4) is 0 Å². The van der Waals surface area contributed by atoms with E-state index in [2.05, 4.69) is 9.68 Å². The molecule has 0 aliphatic carbocycles. The number of hydrogen-bond donors (Lipinski definition) is 2. The molecule has 0 fully saturated rings. The average molecular weight is 155 g/mol. The molecule has 4 heteroatoms. The fourth-order valence-corrected chi connectivity index (χ4v) is 0.491. The van der Waals surface area contributed by atoms with E-state index >= 15 is 0 Å². The summed E-state index contributed by atoms with van der Waals surface area (Å²) in [5.41, 5.74) is 5.81.